The van der Waals surface area contributed by atoms with Crippen molar-refractivity contribution in [3.8, 4) is 22.9 Å². The van der Waals surface area contributed by atoms with E-state index in [4.69, 9.17) is 38.2 Å². The lowest BCUT2D eigenvalue weighted by Crippen LogP contribution is -2.58. The van der Waals surface area contributed by atoms with Crippen LogP contribution < -0.4 is 25.4 Å². The molecule has 3 heterocycles. The molecule has 6 atom stereocenters. The number of aromatic nitrogens is 2. The Morgan fingerprint density at radius 1 is 1.06 bits per heavy atom. The minimum absolute atomic E-state index is 0.0310. The summed E-state index contributed by atoms with van der Waals surface area (Å²) < 4.78 is 48.0. The number of carbonyl (C=O) groups excluding carboxylic acids is 4. The van der Waals surface area contributed by atoms with Crippen LogP contribution in [0.3, 0.4) is 0 Å². The number of methoxy groups -OCH3 is 1. The highest BCUT2D eigenvalue weighted by Gasteiger charge is 2.65. The van der Waals surface area contributed by atoms with Gasteiger partial charge in [0.15, 0.2) is 5.13 Å². The lowest BCUT2D eigenvalue weighted by Gasteiger charge is -2.36. The fourth-order valence-electron chi connectivity index (χ4n) is 8.00. The van der Waals surface area contributed by atoms with Crippen LogP contribution in [0.15, 0.2) is 42.3 Å². The summed E-state index contributed by atoms with van der Waals surface area (Å²) in [5.74, 6) is -0.545. The molecule has 19 heteroatoms. The predicted octanol–water partition coefficient (Wildman–Crippen LogP) is 8.08. The molecule has 1 aromatic carbocycles. The number of fused-ring (bicyclic) bond motifs is 1. The molecule has 3 N–H and O–H groups in total. The largest absolute Gasteiger partial charge is 0.510 e. The summed E-state index contributed by atoms with van der Waals surface area (Å²) in [7, 11) is -2.21. The summed E-state index contributed by atoms with van der Waals surface area (Å²) in [5.41, 5.74) is 0.940. The van der Waals surface area contributed by atoms with Crippen LogP contribution in [0.5, 0.6) is 11.5 Å². The molecule has 17 nitrogen and oxygen atoms in total. The fourth-order valence-corrected chi connectivity index (χ4v) is 10.9. The molecule has 2 aliphatic carbocycles. The number of pyridine rings is 1. The lowest BCUT2D eigenvalue weighted by atomic mass is 9.85. The van der Waals surface area contributed by atoms with Gasteiger partial charge in [0.1, 0.15) is 46.8 Å². The van der Waals surface area contributed by atoms with E-state index in [1.165, 1.54) is 22.9 Å². The molecule has 3 aliphatic rings. The number of nitrogens with zero attached hydrogens (tertiary/aromatic N) is 3. The van der Waals surface area contributed by atoms with Crippen LogP contribution >= 0.6 is 18.7 Å². The van der Waals surface area contributed by atoms with Gasteiger partial charge < -0.3 is 44.5 Å². The molecule has 6 rings (SSSR count). The number of alkyl carbamates (subject to hydrolysis) is 1. The molecule has 2 aromatic heterocycles. The second-order valence-electron chi connectivity index (χ2n) is 18.1. The molecule has 1 saturated heterocycles. The van der Waals surface area contributed by atoms with Gasteiger partial charge in [0.2, 0.25) is 26.0 Å². The van der Waals surface area contributed by atoms with Crippen LogP contribution in [0.25, 0.3) is 22.3 Å². The van der Waals surface area contributed by atoms with E-state index in [9.17, 15) is 23.7 Å². The van der Waals surface area contributed by atoms with E-state index in [-0.39, 0.29) is 31.5 Å². The highest BCUT2D eigenvalue weighted by Crippen LogP contribution is 2.70. The molecule has 0 radical (unpaired) electrons. The third-order valence-electron chi connectivity index (χ3n) is 11.4. The van der Waals surface area contributed by atoms with Gasteiger partial charge in [0.05, 0.1) is 31.0 Å². The molecule has 3 aromatic rings. The van der Waals surface area contributed by atoms with Gasteiger partial charge in [-0.2, -0.15) is 0 Å². The van der Waals surface area contributed by atoms with Gasteiger partial charge in [0.25, 0.3) is 0 Å². The molecule has 3 amide bonds. The van der Waals surface area contributed by atoms with Gasteiger partial charge in [-0.25, -0.2) is 19.6 Å². The van der Waals surface area contributed by atoms with Crippen LogP contribution in [-0.2, 0) is 32.9 Å². The number of carbonyl (C=O) groups is 4. The van der Waals surface area contributed by atoms with Crippen molar-refractivity contribution in [3.63, 3.8) is 0 Å². The van der Waals surface area contributed by atoms with E-state index in [0.29, 0.717) is 33.8 Å². The van der Waals surface area contributed by atoms with E-state index in [1.807, 2.05) is 46.1 Å². The Kier molecular flexibility index (Phi) is 14.7. The van der Waals surface area contributed by atoms with Crippen molar-refractivity contribution in [1.29, 1.82) is 0 Å². The van der Waals surface area contributed by atoms with Gasteiger partial charge in [-0.3, -0.25) is 18.7 Å². The SMILES string of the molecule is C=C[C@@H]1C[C@]1(NC(=O)[C@@H]1CC(Oc2cc(-c3csc(NC(C)C)n3)nc3cc(OC)ccc23)CN1C(=O)[C@@H](NC(=O)OC1CCCC1)C(C)(C)C)P(C)(=O)OCOC(=O)OC(C)C. The van der Waals surface area contributed by atoms with Gasteiger partial charge in [0, 0.05) is 47.9 Å². The monoisotopic (exact) mass is 912 g/mol. The first kappa shape index (κ1) is 47.5. The van der Waals surface area contributed by atoms with E-state index in [1.54, 1.807) is 45.2 Å². The number of nitrogens with one attached hydrogen (secondary N) is 3. The molecule has 3 fully saturated rings. The van der Waals surface area contributed by atoms with Crippen molar-refractivity contribution in [2.45, 2.75) is 129 Å². The fraction of sp³-hybridized carbons (Fsp3) is 0.591. The number of thiazole rings is 1. The molecule has 0 spiro atoms. The number of rotatable bonds is 17. The standard InChI is InChI=1S/C44H61N6O11PS/c1-11-27-21-44(27,62(10,55)58-24-57-42(54)59-26(4)5)49-38(51)35-19-30(22-50(35)39(52)37(43(6,7)8)48-41(53)61-28-14-12-13-15-28)60-36-20-33(34-23-63-40(47-34)45-25(2)3)46-32-18-29(56-9)16-17-31(32)36/h11,16-18,20,23,25-28,30,35,37H,1,12-15,19,21-22,24H2,2-10H3,(H,45,47)(H,48,53)(H,49,51)/t27-,30?,35+,37-,44+,62?/m1/s1. The summed E-state index contributed by atoms with van der Waals surface area (Å²) in [4.78, 5) is 66.0. The number of hydrogen-bond donors (Lipinski definition) is 3. The summed E-state index contributed by atoms with van der Waals surface area (Å²) >= 11 is 1.45. The van der Waals surface area contributed by atoms with Crippen LogP contribution in [0.1, 0.15) is 87.0 Å². The number of benzene rings is 1. The third kappa shape index (κ3) is 11.2. The first-order chi connectivity index (χ1) is 29.7. The second kappa shape index (κ2) is 19.4. The normalized spacial score (nSPS) is 22.6. The minimum Gasteiger partial charge on any atom is -0.497 e. The second-order valence-corrected chi connectivity index (χ2v) is 21.7. The molecule has 1 aliphatic heterocycles. The first-order valence-corrected chi connectivity index (χ1v) is 24.3. The van der Waals surface area contributed by atoms with E-state index in [2.05, 4.69) is 22.5 Å². The highest BCUT2D eigenvalue weighted by atomic mass is 32.1. The molecule has 344 valence electrons. The highest BCUT2D eigenvalue weighted by molar-refractivity contribution is 7.60. The molecule has 2 saturated carbocycles. The zero-order valence-corrected chi connectivity index (χ0v) is 39.3. The Balaban J connectivity index is 1.32. The Bertz CT molecular complexity index is 2220. The summed E-state index contributed by atoms with van der Waals surface area (Å²) in [6.07, 6.45) is 2.12. The number of ether oxygens (including phenoxy) is 5. The van der Waals surface area contributed by atoms with Gasteiger partial charge in [-0.15, -0.1) is 17.9 Å². The minimum atomic E-state index is -3.78. The maximum Gasteiger partial charge on any atom is 0.510 e. The zero-order valence-electron chi connectivity index (χ0n) is 37.6. The molecule has 63 heavy (non-hydrogen) atoms. The Morgan fingerprint density at radius 2 is 1.79 bits per heavy atom. The van der Waals surface area contributed by atoms with E-state index >= 15 is 0 Å². The first-order valence-electron chi connectivity index (χ1n) is 21.4. The van der Waals surface area contributed by atoms with E-state index in [0.717, 1.165) is 30.8 Å². The van der Waals surface area contributed by atoms with Crippen molar-refractivity contribution >= 4 is 58.8 Å². The van der Waals surface area contributed by atoms with Crippen LogP contribution in [-0.4, -0.2) is 108 Å². The summed E-state index contributed by atoms with van der Waals surface area (Å²) in [6.45, 7) is 17.4. The molecule has 2 unspecified atom stereocenters. The van der Waals surface area contributed by atoms with Crippen LogP contribution in [0.2, 0.25) is 0 Å². The van der Waals surface area contributed by atoms with Gasteiger partial charge in [-0.05, 0) is 77.3 Å². The average Bonchev–Trinajstić information content (AvgIpc) is 3.60. The number of anilines is 1. The Morgan fingerprint density at radius 3 is 2.43 bits per heavy atom. The molecular formula is C44H61N6O11PS. The summed E-state index contributed by atoms with van der Waals surface area (Å²) in [6, 6.07) is 5.15. The topological polar surface area (TPSA) is 206 Å². The van der Waals surface area contributed by atoms with Crippen LogP contribution in [0.4, 0.5) is 14.7 Å². The zero-order chi connectivity index (χ0) is 45.9. The Hall–Kier alpha value is -4.93. The van der Waals surface area contributed by atoms with Crippen molar-refractivity contribution in [2.75, 3.05) is 32.4 Å². The van der Waals surface area contributed by atoms with Gasteiger partial charge in [-0.1, -0.05) is 26.8 Å². The van der Waals surface area contributed by atoms with Gasteiger partial charge >= 0.3 is 12.2 Å². The Labute approximate surface area is 372 Å². The predicted molar refractivity (Wildman–Crippen MR) is 239 cm³/mol. The van der Waals surface area contributed by atoms with Crippen molar-refractivity contribution in [1.82, 2.24) is 25.5 Å². The molecular weight excluding hydrogens is 852 g/mol. The smallest absolute Gasteiger partial charge is 0.497 e. The average molecular weight is 913 g/mol. The van der Waals surface area contributed by atoms with Crippen molar-refractivity contribution in [2.24, 2.45) is 11.3 Å². The number of hydrogen-bond acceptors (Lipinski definition) is 15. The number of amides is 3. The van der Waals surface area contributed by atoms with Crippen LogP contribution in [0, 0.1) is 11.3 Å². The quantitative estimate of drug-likeness (QED) is 0.0507. The maximum absolute atomic E-state index is 14.9. The third-order valence-corrected chi connectivity index (χ3v) is 14.8. The molecule has 0 bridgehead atoms. The lowest BCUT2D eigenvalue weighted by molar-refractivity contribution is -0.142. The van der Waals surface area contributed by atoms with Crippen molar-refractivity contribution in [3.05, 3.63) is 42.3 Å². The van der Waals surface area contributed by atoms with Crippen molar-refractivity contribution < 1.29 is 52.0 Å². The van der Waals surface area contributed by atoms with E-state index < -0.39 is 79.1 Å². The summed E-state index contributed by atoms with van der Waals surface area (Å²) in [5, 5.41) is 11.0. The maximum atomic E-state index is 14.9. The number of likely N-dealkylation sites (tertiary alicyclic amines) is 1.